The van der Waals surface area contributed by atoms with Gasteiger partial charge in [-0.05, 0) is 18.2 Å². The number of carbonyl (C=O) groups excluding carboxylic acids is 1. The maximum Gasteiger partial charge on any atom is 0.229 e. The van der Waals surface area contributed by atoms with Gasteiger partial charge in [0.2, 0.25) is 11.9 Å². The number of benzene rings is 2. The Balaban J connectivity index is 1.67. The van der Waals surface area contributed by atoms with E-state index in [1.807, 2.05) is 60.7 Å². The lowest BCUT2D eigenvalue weighted by atomic mass is 10.1. The van der Waals surface area contributed by atoms with Gasteiger partial charge in [-0.1, -0.05) is 36.4 Å². The van der Waals surface area contributed by atoms with E-state index in [-0.39, 0.29) is 5.91 Å². The second-order valence-electron chi connectivity index (χ2n) is 6.79. The van der Waals surface area contributed by atoms with Gasteiger partial charge >= 0.3 is 0 Å². The van der Waals surface area contributed by atoms with E-state index in [1.165, 1.54) is 6.92 Å². The molecule has 0 aliphatic carbocycles. The molecule has 1 fully saturated rings. The molecule has 4 rings (SSSR count). The molecular weight excluding hydrogens is 366 g/mol. The van der Waals surface area contributed by atoms with Gasteiger partial charge in [-0.15, -0.1) is 0 Å². The first-order chi connectivity index (χ1) is 14.2. The van der Waals surface area contributed by atoms with Crippen molar-refractivity contribution < 1.29 is 9.53 Å². The normalized spacial score (nSPS) is 13.8. The average Bonchev–Trinajstić information content (AvgIpc) is 2.74. The number of rotatable bonds is 5. The Labute approximate surface area is 169 Å². The SMILES string of the molecule is CC(=O)Nc1cccc(Nc2nc(-c3ccccc3)cc(N3CCOCC3)n2)c1. The third-order valence-electron chi connectivity index (χ3n) is 4.56. The van der Waals surface area contributed by atoms with Gasteiger partial charge in [0, 0.05) is 43.0 Å². The molecule has 0 unspecified atom stereocenters. The van der Waals surface area contributed by atoms with Crippen LogP contribution in [0.3, 0.4) is 0 Å². The molecule has 2 N–H and O–H groups in total. The monoisotopic (exact) mass is 389 g/mol. The Hall–Kier alpha value is -3.45. The predicted octanol–water partition coefficient (Wildman–Crippen LogP) is 3.68. The zero-order chi connectivity index (χ0) is 20.1. The quantitative estimate of drug-likeness (QED) is 0.693. The molecule has 1 aromatic heterocycles. The van der Waals surface area contributed by atoms with Crippen molar-refractivity contribution in [1.82, 2.24) is 9.97 Å². The van der Waals surface area contributed by atoms with Crippen LogP contribution in [0.1, 0.15) is 6.92 Å². The number of morpholine rings is 1. The van der Waals surface area contributed by atoms with E-state index in [0.29, 0.717) is 19.2 Å². The minimum absolute atomic E-state index is 0.112. The summed E-state index contributed by atoms with van der Waals surface area (Å²) in [5, 5.41) is 6.07. The highest BCUT2D eigenvalue weighted by Gasteiger charge is 2.16. The molecule has 2 heterocycles. The summed E-state index contributed by atoms with van der Waals surface area (Å²) in [7, 11) is 0. The van der Waals surface area contributed by atoms with Crippen LogP contribution in [0.2, 0.25) is 0 Å². The summed E-state index contributed by atoms with van der Waals surface area (Å²) in [6.07, 6.45) is 0. The Kier molecular flexibility index (Phi) is 5.67. The maximum atomic E-state index is 11.3. The van der Waals surface area contributed by atoms with E-state index in [4.69, 9.17) is 14.7 Å². The highest BCUT2D eigenvalue weighted by molar-refractivity contribution is 5.89. The van der Waals surface area contributed by atoms with Gasteiger partial charge in [-0.3, -0.25) is 4.79 Å². The van der Waals surface area contributed by atoms with E-state index >= 15 is 0 Å². The molecule has 148 valence electrons. The lowest BCUT2D eigenvalue weighted by Crippen LogP contribution is -2.36. The largest absolute Gasteiger partial charge is 0.378 e. The standard InChI is InChI=1S/C22H23N5O2/c1-16(28)23-18-8-5-9-19(14-18)24-22-25-20(17-6-3-2-4-7-17)15-21(26-22)27-10-12-29-13-11-27/h2-9,14-15H,10-13H2,1H3,(H,23,28)(H,24,25,26). The molecule has 3 aromatic rings. The van der Waals surface area contributed by atoms with Crippen LogP contribution in [0.4, 0.5) is 23.1 Å². The van der Waals surface area contributed by atoms with Crippen LogP contribution in [-0.2, 0) is 9.53 Å². The number of hydrogen-bond donors (Lipinski definition) is 2. The Morgan fingerprint density at radius 2 is 1.72 bits per heavy atom. The number of ether oxygens (including phenoxy) is 1. The summed E-state index contributed by atoms with van der Waals surface area (Å²) in [6.45, 7) is 4.45. The average molecular weight is 389 g/mol. The minimum Gasteiger partial charge on any atom is -0.378 e. The van der Waals surface area contributed by atoms with Gasteiger partial charge in [-0.25, -0.2) is 4.98 Å². The third kappa shape index (κ3) is 4.89. The molecule has 7 nitrogen and oxygen atoms in total. The lowest BCUT2D eigenvalue weighted by molar-refractivity contribution is -0.114. The van der Waals surface area contributed by atoms with Crippen molar-refractivity contribution in [3.8, 4) is 11.3 Å². The number of amides is 1. The van der Waals surface area contributed by atoms with Crippen LogP contribution in [-0.4, -0.2) is 42.2 Å². The van der Waals surface area contributed by atoms with Crippen molar-refractivity contribution in [1.29, 1.82) is 0 Å². The summed E-state index contributed by atoms with van der Waals surface area (Å²) in [5.41, 5.74) is 3.39. The zero-order valence-corrected chi connectivity index (χ0v) is 16.3. The smallest absolute Gasteiger partial charge is 0.229 e. The van der Waals surface area contributed by atoms with E-state index in [9.17, 15) is 4.79 Å². The molecule has 0 atom stereocenters. The number of nitrogens with zero attached hydrogens (tertiary/aromatic N) is 3. The molecule has 0 radical (unpaired) electrons. The van der Waals surface area contributed by atoms with Gasteiger partial charge in [0.25, 0.3) is 0 Å². The van der Waals surface area contributed by atoms with E-state index in [0.717, 1.165) is 41.5 Å². The maximum absolute atomic E-state index is 11.3. The van der Waals surface area contributed by atoms with Gasteiger partial charge in [0.1, 0.15) is 5.82 Å². The second kappa shape index (κ2) is 8.70. The number of nitrogens with one attached hydrogen (secondary N) is 2. The molecule has 0 bridgehead atoms. The van der Waals surface area contributed by atoms with E-state index < -0.39 is 0 Å². The molecule has 7 heteroatoms. The van der Waals surface area contributed by atoms with Gasteiger partial charge in [0.15, 0.2) is 0 Å². The molecular formula is C22H23N5O2. The summed E-state index contributed by atoms with van der Waals surface area (Å²) in [6, 6.07) is 19.5. The Morgan fingerprint density at radius 3 is 2.48 bits per heavy atom. The van der Waals surface area contributed by atoms with Crippen LogP contribution >= 0.6 is 0 Å². The molecule has 29 heavy (non-hydrogen) atoms. The predicted molar refractivity (Wildman–Crippen MR) is 115 cm³/mol. The number of carbonyl (C=O) groups is 1. The van der Waals surface area contributed by atoms with Crippen LogP contribution in [0.15, 0.2) is 60.7 Å². The second-order valence-corrected chi connectivity index (χ2v) is 6.79. The molecule has 0 spiro atoms. The van der Waals surface area contributed by atoms with Crippen LogP contribution in [0.5, 0.6) is 0 Å². The number of aromatic nitrogens is 2. The fourth-order valence-electron chi connectivity index (χ4n) is 3.21. The summed E-state index contributed by atoms with van der Waals surface area (Å²) in [4.78, 5) is 23.0. The summed E-state index contributed by atoms with van der Waals surface area (Å²) < 4.78 is 5.47. The molecule has 1 aliphatic heterocycles. The molecule has 0 saturated carbocycles. The van der Waals surface area contributed by atoms with Crippen LogP contribution < -0.4 is 15.5 Å². The van der Waals surface area contributed by atoms with Crippen molar-refractivity contribution in [3.05, 3.63) is 60.7 Å². The first kappa shape index (κ1) is 18.9. The lowest BCUT2D eigenvalue weighted by Gasteiger charge is -2.28. The third-order valence-corrected chi connectivity index (χ3v) is 4.56. The van der Waals surface area contributed by atoms with Gasteiger partial charge < -0.3 is 20.3 Å². The molecule has 2 aromatic carbocycles. The fraction of sp³-hybridized carbons (Fsp3) is 0.227. The van der Waals surface area contributed by atoms with Crippen LogP contribution in [0.25, 0.3) is 11.3 Å². The highest BCUT2D eigenvalue weighted by Crippen LogP contribution is 2.26. The fourth-order valence-corrected chi connectivity index (χ4v) is 3.21. The summed E-state index contributed by atoms with van der Waals surface area (Å²) in [5.74, 6) is 1.26. The van der Waals surface area contributed by atoms with Crippen molar-refractivity contribution in [2.24, 2.45) is 0 Å². The first-order valence-corrected chi connectivity index (χ1v) is 9.59. The van der Waals surface area contributed by atoms with Crippen LogP contribution in [0, 0.1) is 0 Å². The van der Waals surface area contributed by atoms with Crippen molar-refractivity contribution in [2.45, 2.75) is 6.92 Å². The van der Waals surface area contributed by atoms with Gasteiger partial charge in [-0.2, -0.15) is 4.98 Å². The molecule has 1 aliphatic rings. The molecule has 1 amide bonds. The van der Waals surface area contributed by atoms with Gasteiger partial charge in [0.05, 0.1) is 18.9 Å². The number of hydrogen-bond acceptors (Lipinski definition) is 6. The van der Waals surface area contributed by atoms with Crippen molar-refractivity contribution >= 4 is 29.0 Å². The topological polar surface area (TPSA) is 79.4 Å². The van der Waals surface area contributed by atoms with Crippen molar-refractivity contribution in [3.63, 3.8) is 0 Å². The van der Waals surface area contributed by atoms with E-state index in [1.54, 1.807) is 0 Å². The number of anilines is 4. The van der Waals surface area contributed by atoms with E-state index in [2.05, 4.69) is 15.5 Å². The summed E-state index contributed by atoms with van der Waals surface area (Å²) >= 11 is 0. The first-order valence-electron chi connectivity index (χ1n) is 9.59. The minimum atomic E-state index is -0.112. The van der Waals surface area contributed by atoms with Crippen molar-refractivity contribution in [2.75, 3.05) is 41.8 Å². The zero-order valence-electron chi connectivity index (χ0n) is 16.3. The Morgan fingerprint density at radius 1 is 0.966 bits per heavy atom. The Bertz CT molecular complexity index is 988. The highest BCUT2D eigenvalue weighted by atomic mass is 16.5. The molecule has 1 saturated heterocycles.